The number of sulfonamides is 1. The van der Waals surface area contributed by atoms with E-state index in [-0.39, 0.29) is 10.9 Å². The number of guanidine groups is 1. The Morgan fingerprint density at radius 1 is 1.10 bits per heavy atom. The molecule has 0 amide bonds. The normalized spacial score (nSPS) is 15.9. The molecule has 7 nitrogen and oxygen atoms in total. The summed E-state index contributed by atoms with van der Waals surface area (Å²) in [6.07, 6.45) is 3.41. The molecule has 0 unspecified atom stereocenters. The van der Waals surface area contributed by atoms with Crippen molar-refractivity contribution in [2.75, 3.05) is 5.32 Å². The number of para-hydroxylation sites is 2. The Balaban J connectivity index is 1.69. The van der Waals surface area contributed by atoms with E-state index in [2.05, 4.69) is 20.0 Å². The number of rotatable bonds is 4. The first-order valence-corrected chi connectivity index (χ1v) is 10.6. The molecule has 1 aliphatic heterocycles. The summed E-state index contributed by atoms with van der Waals surface area (Å²) in [7, 11) is -3.80. The highest BCUT2D eigenvalue weighted by atomic mass is 35.5. The molecule has 2 heterocycles. The number of hydrogen-bond acceptors (Lipinski definition) is 5. The Labute approximate surface area is 173 Å². The summed E-state index contributed by atoms with van der Waals surface area (Å²) in [6.45, 7) is 2.22. The van der Waals surface area contributed by atoms with Crippen molar-refractivity contribution in [2.24, 2.45) is 4.99 Å². The molecule has 0 spiro atoms. The molecule has 148 valence electrons. The van der Waals surface area contributed by atoms with Gasteiger partial charge in [-0.15, -0.1) is 0 Å². The van der Waals surface area contributed by atoms with Crippen molar-refractivity contribution in [1.29, 1.82) is 0 Å². The van der Waals surface area contributed by atoms with Gasteiger partial charge in [0.25, 0.3) is 10.0 Å². The number of aryl methyl sites for hydroxylation is 1. The van der Waals surface area contributed by atoms with Crippen LogP contribution in [0, 0.1) is 6.92 Å². The fourth-order valence-corrected chi connectivity index (χ4v) is 4.16. The van der Waals surface area contributed by atoms with E-state index in [9.17, 15) is 8.42 Å². The number of nitrogens with zero attached hydrogens (tertiary/aromatic N) is 2. The standard InChI is InChI=1S/C20H17ClN4O3S/c1-13-11-22-10-9-14(13)12-23-20-24-19-17(28-16-6-3-2-5-15(16)21)7-4-8-18(19)29(26,27)25-20/h2-11H,12H2,1H3,(H2,23,24,25). The van der Waals surface area contributed by atoms with Crippen molar-refractivity contribution in [2.45, 2.75) is 18.4 Å². The van der Waals surface area contributed by atoms with Crippen molar-refractivity contribution in [3.63, 3.8) is 0 Å². The highest BCUT2D eigenvalue weighted by Crippen LogP contribution is 2.38. The molecule has 9 heteroatoms. The summed E-state index contributed by atoms with van der Waals surface area (Å²) in [5, 5.41) is 3.45. The molecule has 1 aliphatic rings. The first-order valence-electron chi connectivity index (χ1n) is 8.73. The van der Waals surface area contributed by atoms with Crippen LogP contribution in [0.2, 0.25) is 5.02 Å². The van der Waals surface area contributed by atoms with Gasteiger partial charge >= 0.3 is 0 Å². The van der Waals surface area contributed by atoms with Gasteiger partial charge in [-0.2, -0.15) is 0 Å². The van der Waals surface area contributed by atoms with Gasteiger partial charge in [-0.25, -0.2) is 18.1 Å². The largest absolute Gasteiger partial charge is 0.454 e. The van der Waals surface area contributed by atoms with Gasteiger partial charge in [0.15, 0.2) is 5.75 Å². The second kappa shape index (κ2) is 7.73. The average Bonchev–Trinajstić information content (AvgIpc) is 2.69. The van der Waals surface area contributed by atoms with Crippen molar-refractivity contribution in [1.82, 2.24) is 9.71 Å². The summed E-state index contributed by atoms with van der Waals surface area (Å²) >= 11 is 6.17. The lowest BCUT2D eigenvalue weighted by Gasteiger charge is -2.23. The third-order valence-corrected chi connectivity index (χ3v) is 6.05. The van der Waals surface area contributed by atoms with Gasteiger partial charge < -0.3 is 10.1 Å². The number of ether oxygens (including phenoxy) is 1. The average molecular weight is 429 g/mol. The fourth-order valence-electron chi connectivity index (χ4n) is 2.83. The molecule has 3 aromatic rings. The van der Waals surface area contributed by atoms with Gasteiger partial charge in [-0.05, 0) is 48.4 Å². The number of anilines is 1. The molecule has 0 bridgehead atoms. The molecular formula is C20H17ClN4O3S. The Morgan fingerprint density at radius 3 is 2.69 bits per heavy atom. The van der Waals surface area contributed by atoms with E-state index in [1.165, 1.54) is 6.07 Å². The summed E-state index contributed by atoms with van der Waals surface area (Å²) < 4.78 is 33.8. The molecule has 1 aromatic heterocycles. The van der Waals surface area contributed by atoms with Crippen LogP contribution in [-0.4, -0.2) is 19.4 Å². The number of benzene rings is 2. The Morgan fingerprint density at radius 2 is 1.90 bits per heavy atom. The smallest absolute Gasteiger partial charge is 0.266 e. The summed E-state index contributed by atoms with van der Waals surface area (Å²) in [4.78, 5) is 8.50. The number of pyridine rings is 1. The zero-order valence-electron chi connectivity index (χ0n) is 15.4. The lowest BCUT2D eigenvalue weighted by Crippen LogP contribution is -2.40. The second-order valence-electron chi connectivity index (χ2n) is 6.36. The van der Waals surface area contributed by atoms with Gasteiger partial charge in [0.05, 0.1) is 11.6 Å². The molecule has 2 N–H and O–H groups in total. The third kappa shape index (κ3) is 4.03. The number of fused-ring (bicyclic) bond motifs is 1. The molecule has 2 aromatic carbocycles. The molecule has 29 heavy (non-hydrogen) atoms. The van der Waals surface area contributed by atoms with Gasteiger partial charge in [0.1, 0.15) is 16.3 Å². The predicted octanol–water partition coefficient (Wildman–Crippen LogP) is 4.10. The number of hydrogen-bond donors (Lipinski definition) is 2. The van der Waals surface area contributed by atoms with Gasteiger partial charge in [-0.1, -0.05) is 29.8 Å². The van der Waals surface area contributed by atoms with Crippen LogP contribution in [0.15, 0.2) is 70.8 Å². The first kappa shape index (κ1) is 19.2. The Kier molecular flexibility index (Phi) is 5.12. The van der Waals surface area contributed by atoms with Crippen molar-refractivity contribution < 1.29 is 13.2 Å². The first-order chi connectivity index (χ1) is 13.9. The number of aromatic nitrogens is 1. The van der Waals surface area contributed by atoms with Crippen LogP contribution in [0.25, 0.3) is 0 Å². The van der Waals surface area contributed by atoms with Gasteiger partial charge in [0.2, 0.25) is 5.96 Å². The van der Waals surface area contributed by atoms with Crippen LogP contribution < -0.4 is 14.8 Å². The minimum Gasteiger partial charge on any atom is -0.454 e. The highest BCUT2D eigenvalue weighted by Gasteiger charge is 2.29. The maximum absolute atomic E-state index is 12.7. The van der Waals surface area contributed by atoms with Crippen LogP contribution >= 0.6 is 11.6 Å². The summed E-state index contributed by atoms with van der Waals surface area (Å²) in [5.41, 5.74) is 2.22. The fraction of sp³-hybridized carbons (Fsp3) is 0.100. The highest BCUT2D eigenvalue weighted by molar-refractivity contribution is 7.90. The minimum absolute atomic E-state index is 0.0705. The van der Waals surface area contributed by atoms with Crippen LogP contribution in [-0.2, 0) is 16.6 Å². The van der Waals surface area contributed by atoms with E-state index >= 15 is 0 Å². The maximum atomic E-state index is 12.7. The van der Waals surface area contributed by atoms with Crippen LogP contribution in [0.4, 0.5) is 5.69 Å². The SMILES string of the molecule is Cc1cnccc1CN=C1Nc2c(Oc3ccccc3Cl)cccc2S(=O)(=O)N1. The Bertz CT molecular complexity index is 1210. The molecule has 0 atom stereocenters. The second-order valence-corrected chi connectivity index (χ2v) is 8.42. The zero-order chi connectivity index (χ0) is 20.4. The van der Waals surface area contributed by atoms with E-state index in [4.69, 9.17) is 16.3 Å². The van der Waals surface area contributed by atoms with E-state index in [0.29, 0.717) is 28.8 Å². The topological polar surface area (TPSA) is 92.7 Å². The molecule has 0 fully saturated rings. The maximum Gasteiger partial charge on any atom is 0.266 e. The van der Waals surface area contributed by atoms with Crippen LogP contribution in [0.1, 0.15) is 11.1 Å². The van der Waals surface area contributed by atoms with Gasteiger partial charge in [-0.3, -0.25) is 4.98 Å². The van der Waals surface area contributed by atoms with Crippen molar-refractivity contribution >= 4 is 33.3 Å². The molecular weight excluding hydrogens is 412 g/mol. The van der Waals surface area contributed by atoms with E-state index in [1.54, 1.807) is 48.8 Å². The quantitative estimate of drug-likeness (QED) is 0.652. The van der Waals surface area contributed by atoms with E-state index in [1.807, 2.05) is 13.0 Å². The molecule has 0 saturated carbocycles. The summed E-state index contributed by atoms with van der Waals surface area (Å²) in [5.74, 6) is 0.864. The molecule has 4 rings (SSSR count). The lowest BCUT2D eigenvalue weighted by molar-refractivity contribution is 0.483. The number of nitrogens with one attached hydrogen (secondary N) is 2. The number of halogens is 1. The zero-order valence-corrected chi connectivity index (χ0v) is 17.0. The van der Waals surface area contributed by atoms with Crippen LogP contribution in [0.5, 0.6) is 11.5 Å². The van der Waals surface area contributed by atoms with Gasteiger partial charge in [0, 0.05) is 12.4 Å². The minimum atomic E-state index is -3.80. The van der Waals surface area contributed by atoms with E-state index < -0.39 is 10.0 Å². The van der Waals surface area contributed by atoms with Crippen molar-refractivity contribution in [3.05, 3.63) is 77.1 Å². The Hall–Kier alpha value is -3.10. The lowest BCUT2D eigenvalue weighted by atomic mass is 10.2. The number of aliphatic imine (C=N–C) groups is 1. The van der Waals surface area contributed by atoms with E-state index in [0.717, 1.165) is 11.1 Å². The monoisotopic (exact) mass is 428 g/mol. The van der Waals surface area contributed by atoms with Crippen molar-refractivity contribution in [3.8, 4) is 11.5 Å². The molecule has 0 saturated heterocycles. The third-order valence-electron chi connectivity index (χ3n) is 4.35. The predicted molar refractivity (Wildman–Crippen MR) is 112 cm³/mol. The molecule has 0 aliphatic carbocycles. The van der Waals surface area contributed by atoms with Crippen LogP contribution in [0.3, 0.4) is 0 Å². The molecule has 0 radical (unpaired) electrons. The summed E-state index contributed by atoms with van der Waals surface area (Å²) in [6, 6.07) is 13.6.